The van der Waals surface area contributed by atoms with Crippen LogP contribution in [0.25, 0.3) is 0 Å². The van der Waals surface area contributed by atoms with Gasteiger partial charge in [0.1, 0.15) is 0 Å². The fraction of sp³-hybridized carbons (Fsp3) is 0.909. The third-order valence-electron chi connectivity index (χ3n) is 3.24. The van der Waals surface area contributed by atoms with E-state index in [0.29, 0.717) is 0 Å². The van der Waals surface area contributed by atoms with E-state index in [2.05, 4.69) is 0 Å². The van der Waals surface area contributed by atoms with E-state index in [1.165, 1.54) is 0 Å². The van der Waals surface area contributed by atoms with Crippen molar-refractivity contribution in [3.63, 3.8) is 0 Å². The number of aliphatic carboxylic acids is 1. The van der Waals surface area contributed by atoms with Crippen LogP contribution < -0.4 is 0 Å². The number of alkyl halides is 7. The molecule has 0 aromatic heterocycles. The number of rotatable bonds is 8. The van der Waals surface area contributed by atoms with Crippen molar-refractivity contribution in [2.24, 2.45) is 5.92 Å². The van der Waals surface area contributed by atoms with E-state index in [1.807, 2.05) is 0 Å². The van der Waals surface area contributed by atoms with Crippen LogP contribution in [0.4, 0.5) is 30.7 Å². The Morgan fingerprint density at radius 1 is 1.04 bits per heavy atom. The average Bonchev–Trinajstić information content (AvgIpc) is 2.34. The van der Waals surface area contributed by atoms with Crippen LogP contribution in [-0.2, 0) is 14.6 Å². The molecule has 0 aliphatic rings. The highest BCUT2D eigenvalue weighted by Crippen LogP contribution is 2.37. The lowest BCUT2D eigenvalue weighted by atomic mass is 9.98. The number of halogens is 7. The van der Waals surface area contributed by atoms with Gasteiger partial charge in [0.15, 0.2) is 9.84 Å². The molecule has 4 nitrogen and oxygen atoms in total. The van der Waals surface area contributed by atoms with E-state index in [4.69, 9.17) is 5.11 Å². The second-order valence-corrected chi connectivity index (χ2v) is 7.19. The molecule has 0 aromatic carbocycles. The molecule has 0 aliphatic carbocycles. The third kappa shape index (κ3) is 6.15. The number of carboxylic acids is 1. The summed E-state index contributed by atoms with van der Waals surface area (Å²) in [7, 11) is -5.46. The normalized spacial score (nSPS) is 17.6. The van der Waals surface area contributed by atoms with Gasteiger partial charge in [-0.25, -0.2) is 17.6 Å². The van der Waals surface area contributed by atoms with Crippen molar-refractivity contribution in [1.29, 1.82) is 0 Å². The van der Waals surface area contributed by atoms with Gasteiger partial charge in [0.2, 0.25) is 0 Å². The largest absolute Gasteiger partial charge is 0.478 e. The molecule has 0 saturated carbocycles. The summed E-state index contributed by atoms with van der Waals surface area (Å²) in [4.78, 5) is 10.8. The van der Waals surface area contributed by atoms with Gasteiger partial charge in [-0.05, 0) is 12.8 Å². The average molecular weight is 376 g/mol. The molecule has 0 amide bonds. The summed E-state index contributed by atoms with van der Waals surface area (Å²) >= 11 is 0. The summed E-state index contributed by atoms with van der Waals surface area (Å²) in [5.41, 5.74) is 0. The maximum absolute atomic E-state index is 14.2. The molecule has 1 N–H and O–H groups in total. The number of sulfone groups is 1. The van der Waals surface area contributed by atoms with Gasteiger partial charge in [-0.2, -0.15) is 26.3 Å². The van der Waals surface area contributed by atoms with E-state index >= 15 is 0 Å². The predicted octanol–water partition coefficient (Wildman–Crippen LogP) is 3.47. The van der Waals surface area contributed by atoms with Crippen LogP contribution in [0.1, 0.15) is 32.6 Å². The Labute approximate surface area is 127 Å². The molecule has 2 atom stereocenters. The van der Waals surface area contributed by atoms with Crippen LogP contribution in [0, 0.1) is 5.92 Å². The maximum Gasteiger partial charge on any atom is 0.391 e. The fourth-order valence-corrected chi connectivity index (χ4v) is 3.29. The molecule has 0 fully saturated rings. The van der Waals surface area contributed by atoms with Crippen molar-refractivity contribution >= 4 is 15.8 Å². The van der Waals surface area contributed by atoms with Gasteiger partial charge >= 0.3 is 23.3 Å². The van der Waals surface area contributed by atoms with Crippen LogP contribution in [-0.4, -0.2) is 42.6 Å². The maximum atomic E-state index is 14.2. The number of carbonyl (C=O) groups is 1. The smallest absolute Gasteiger partial charge is 0.391 e. The Bertz CT molecular complexity index is 511. The zero-order valence-corrected chi connectivity index (χ0v) is 12.7. The Morgan fingerprint density at radius 3 is 1.83 bits per heavy atom. The molecule has 0 bridgehead atoms. The zero-order chi connectivity index (χ0) is 18.7. The summed E-state index contributed by atoms with van der Waals surface area (Å²) in [6.45, 7) is 1.08. The zero-order valence-electron chi connectivity index (χ0n) is 11.8. The van der Waals surface area contributed by atoms with Crippen LogP contribution in [0.5, 0.6) is 0 Å². The second-order valence-electron chi connectivity index (χ2n) is 4.90. The lowest BCUT2D eigenvalue weighted by Gasteiger charge is -2.25. The highest BCUT2D eigenvalue weighted by molar-refractivity contribution is 7.93. The first-order chi connectivity index (χ1) is 10.1. The van der Waals surface area contributed by atoms with Crippen molar-refractivity contribution in [3.05, 3.63) is 0 Å². The minimum absolute atomic E-state index is 0.554. The molecule has 0 saturated heterocycles. The summed E-state index contributed by atoms with van der Waals surface area (Å²) in [5.74, 6) is -6.64. The van der Waals surface area contributed by atoms with E-state index in [0.717, 1.165) is 6.92 Å². The van der Waals surface area contributed by atoms with E-state index < -0.39 is 70.5 Å². The van der Waals surface area contributed by atoms with Crippen molar-refractivity contribution in [2.75, 3.05) is 5.75 Å². The molecular weight excluding hydrogens is 361 g/mol. The van der Waals surface area contributed by atoms with Crippen molar-refractivity contribution in [3.8, 4) is 0 Å². The first-order valence-corrected chi connectivity index (χ1v) is 8.00. The summed E-state index contributed by atoms with van der Waals surface area (Å²) < 4.78 is 111. The summed E-state index contributed by atoms with van der Waals surface area (Å²) in [5, 5.41) is 4.47. The lowest BCUT2D eigenvalue weighted by Crippen LogP contribution is -2.45. The highest BCUT2D eigenvalue weighted by atomic mass is 32.2. The van der Waals surface area contributed by atoms with Crippen LogP contribution in [0.2, 0.25) is 0 Å². The Hall–Kier alpha value is -1.07. The molecule has 0 aliphatic heterocycles. The molecule has 0 heterocycles. The number of hydrogen-bond donors (Lipinski definition) is 1. The lowest BCUT2D eigenvalue weighted by molar-refractivity contribution is -0.179. The second kappa shape index (κ2) is 7.22. The monoisotopic (exact) mass is 376 g/mol. The molecule has 0 spiro atoms. The van der Waals surface area contributed by atoms with E-state index in [1.54, 1.807) is 0 Å². The van der Waals surface area contributed by atoms with Crippen LogP contribution >= 0.6 is 0 Å². The van der Waals surface area contributed by atoms with Crippen LogP contribution in [0.15, 0.2) is 0 Å². The van der Waals surface area contributed by atoms with Crippen molar-refractivity contribution in [2.45, 2.75) is 50.0 Å². The van der Waals surface area contributed by atoms with Gasteiger partial charge in [-0.1, -0.05) is 6.92 Å². The van der Waals surface area contributed by atoms with E-state index in [9.17, 15) is 43.9 Å². The Morgan fingerprint density at radius 2 is 1.52 bits per heavy atom. The molecule has 2 unspecified atom stereocenters. The first kappa shape index (κ1) is 21.9. The standard InChI is InChI=1S/C11H15F7O4S/c1-2-7(11(16,17)18)3-4-9(12,8(19)20)23(21,22)6-5-10(13,14)15/h7H,2-6H2,1H3,(H,19,20). The van der Waals surface area contributed by atoms with E-state index in [-0.39, 0.29) is 0 Å². The Kier molecular flexibility index (Phi) is 6.89. The summed E-state index contributed by atoms with van der Waals surface area (Å²) in [6, 6.07) is 0. The minimum Gasteiger partial charge on any atom is -0.478 e. The van der Waals surface area contributed by atoms with Gasteiger partial charge in [0, 0.05) is 6.42 Å². The van der Waals surface area contributed by atoms with Crippen molar-refractivity contribution < 1.29 is 49.1 Å². The fourth-order valence-electron chi connectivity index (χ4n) is 1.77. The molecule has 0 aromatic rings. The summed E-state index contributed by atoms with van der Waals surface area (Å²) in [6.07, 6.45) is -15.1. The third-order valence-corrected chi connectivity index (χ3v) is 5.34. The topological polar surface area (TPSA) is 71.4 Å². The van der Waals surface area contributed by atoms with Crippen molar-refractivity contribution in [1.82, 2.24) is 0 Å². The molecule has 138 valence electrons. The minimum atomic E-state index is -5.46. The van der Waals surface area contributed by atoms with Gasteiger partial charge in [-0.15, -0.1) is 0 Å². The van der Waals surface area contributed by atoms with Gasteiger partial charge in [-0.3, -0.25) is 0 Å². The molecular formula is C11H15F7O4S. The quantitative estimate of drug-likeness (QED) is 0.659. The van der Waals surface area contributed by atoms with Gasteiger partial charge < -0.3 is 5.11 Å². The highest BCUT2D eigenvalue weighted by Gasteiger charge is 2.53. The number of hydrogen-bond acceptors (Lipinski definition) is 3. The first-order valence-electron chi connectivity index (χ1n) is 6.35. The Balaban J connectivity index is 5.31. The molecule has 23 heavy (non-hydrogen) atoms. The predicted molar refractivity (Wildman–Crippen MR) is 65.0 cm³/mol. The number of carboxylic acid groups (broad SMARTS) is 1. The van der Waals surface area contributed by atoms with Gasteiger partial charge in [0.05, 0.1) is 18.1 Å². The SMILES string of the molecule is CCC(CCC(F)(C(=O)O)S(=O)(=O)CCC(F)(F)F)C(F)(F)F. The van der Waals surface area contributed by atoms with Gasteiger partial charge in [0.25, 0.3) is 0 Å². The molecule has 0 rings (SSSR count). The van der Waals surface area contributed by atoms with Crippen LogP contribution in [0.3, 0.4) is 0 Å². The molecule has 0 radical (unpaired) electrons. The molecule has 12 heteroatoms.